The van der Waals surface area contributed by atoms with Gasteiger partial charge in [0.2, 0.25) is 0 Å². The van der Waals surface area contributed by atoms with Crippen LogP contribution in [0, 0.1) is 6.92 Å². The van der Waals surface area contributed by atoms with Crippen LogP contribution >= 0.6 is 0 Å². The lowest BCUT2D eigenvalue weighted by Gasteiger charge is -2.32. The van der Waals surface area contributed by atoms with Crippen LogP contribution in [0.25, 0.3) is 0 Å². The van der Waals surface area contributed by atoms with Crippen LogP contribution in [0.15, 0.2) is 12.5 Å². The number of aryl methyl sites for hydroxylation is 1. The first-order valence-electron chi connectivity index (χ1n) is 5.95. The molecule has 1 aromatic rings. The number of nitrogens with one attached hydrogen (secondary N) is 1. The molecule has 1 aliphatic rings. The van der Waals surface area contributed by atoms with E-state index in [1.807, 2.05) is 18.9 Å². The number of likely N-dealkylation sites (N-methyl/N-ethyl adjacent to an activating group) is 1. The van der Waals surface area contributed by atoms with Crippen molar-refractivity contribution < 1.29 is 4.79 Å². The number of piperidine rings is 1. The van der Waals surface area contributed by atoms with E-state index in [2.05, 4.69) is 15.3 Å². The Labute approximate surface area is 101 Å². The van der Waals surface area contributed by atoms with Crippen molar-refractivity contribution in [1.29, 1.82) is 0 Å². The Bertz CT molecular complexity index is 407. The zero-order valence-electron chi connectivity index (χ0n) is 10.3. The lowest BCUT2D eigenvalue weighted by molar-refractivity contribution is 0.0696. The highest BCUT2D eigenvalue weighted by molar-refractivity contribution is 5.94. The van der Waals surface area contributed by atoms with Crippen LogP contribution in [0.3, 0.4) is 0 Å². The maximum Gasteiger partial charge on any atom is 0.257 e. The van der Waals surface area contributed by atoms with Gasteiger partial charge in [0.15, 0.2) is 0 Å². The predicted octanol–water partition coefficient (Wildman–Crippen LogP) is 0.609. The van der Waals surface area contributed by atoms with Crippen LogP contribution in [0.5, 0.6) is 0 Å². The van der Waals surface area contributed by atoms with Crippen molar-refractivity contribution in [3.63, 3.8) is 0 Å². The molecule has 1 N–H and O–H groups in total. The SMILES string of the molecule is CNC1CCCN(C(=O)c2cncnc2C)C1. The van der Waals surface area contributed by atoms with Crippen LogP contribution in [-0.2, 0) is 0 Å². The zero-order valence-corrected chi connectivity index (χ0v) is 10.3. The summed E-state index contributed by atoms with van der Waals surface area (Å²) in [6.07, 6.45) is 5.25. The second kappa shape index (κ2) is 5.23. The minimum Gasteiger partial charge on any atom is -0.337 e. The van der Waals surface area contributed by atoms with Gasteiger partial charge in [-0.3, -0.25) is 4.79 Å². The van der Waals surface area contributed by atoms with Crippen molar-refractivity contribution in [2.45, 2.75) is 25.8 Å². The highest BCUT2D eigenvalue weighted by atomic mass is 16.2. The molecule has 1 aromatic heterocycles. The number of hydrogen-bond acceptors (Lipinski definition) is 4. The Morgan fingerprint density at radius 1 is 1.59 bits per heavy atom. The van der Waals surface area contributed by atoms with E-state index in [0.29, 0.717) is 11.6 Å². The van der Waals surface area contributed by atoms with E-state index in [1.165, 1.54) is 6.33 Å². The fraction of sp³-hybridized carbons (Fsp3) is 0.583. The summed E-state index contributed by atoms with van der Waals surface area (Å²) >= 11 is 0. The molecule has 2 heterocycles. The Kier molecular flexibility index (Phi) is 3.68. The third-order valence-electron chi connectivity index (χ3n) is 3.26. The van der Waals surface area contributed by atoms with Gasteiger partial charge < -0.3 is 10.2 Å². The molecule has 92 valence electrons. The zero-order chi connectivity index (χ0) is 12.3. The molecule has 1 aliphatic heterocycles. The Morgan fingerprint density at radius 2 is 2.41 bits per heavy atom. The van der Waals surface area contributed by atoms with E-state index >= 15 is 0 Å². The highest BCUT2D eigenvalue weighted by Crippen LogP contribution is 2.14. The van der Waals surface area contributed by atoms with Gasteiger partial charge in [0.1, 0.15) is 6.33 Å². The number of rotatable bonds is 2. The van der Waals surface area contributed by atoms with Gasteiger partial charge in [-0.1, -0.05) is 0 Å². The summed E-state index contributed by atoms with van der Waals surface area (Å²) < 4.78 is 0. The van der Waals surface area contributed by atoms with E-state index in [9.17, 15) is 4.79 Å². The summed E-state index contributed by atoms with van der Waals surface area (Å²) in [5.41, 5.74) is 1.36. The summed E-state index contributed by atoms with van der Waals surface area (Å²) in [7, 11) is 1.94. The van der Waals surface area contributed by atoms with Crippen molar-refractivity contribution >= 4 is 5.91 Å². The van der Waals surface area contributed by atoms with E-state index in [1.54, 1.807) is 6.20 Å². The lowest BCUT2D eigenvalue weighted by atomic mass is 10.0. The minimum absolute atomic E-state index is 0.0445. The second-order valence-electron chi connectivity index (χ2n) is 4.40. The summed E-state index contributed by atoms with van der Waals surface area (Å²) in [4.78, 5) is 22.2. The molecular formula is C12H18N4O. The fourth-order valence-electron chi connectivity index (χ4n) is 2.17. The number of nitrogens with zero attached hydrogens (tertiary/aromatic N) is 3. The van der Waals surface area contributed by atoms with Gasteiger partial charge in [0, 0.05) is 25.3 Å². The van der Waals surface area contributed by atoms with Crippen molar-refractivity contribution in [3.8, 4) is 0 Å². The first kappa shape index (κ1) is 12.0. The molecule has 1 unspecified atom stereocenters. The summed E-state index contributed by atoms with van der Waals surface area (Å²) in [5.74, 6) is 0.0445. The molecule has 0 aliphatic carbocycles. The van der Waals surface area contributed by atoms with Crippen molar-refractivity contribution in [1.82, 2.24) is 20.2 Å². The average Bonchev–Trinajstić information content (AvgIpc) is 2.38. The van der Waals surface area contributed by atoms with Crippen LogP contribution < -0.4 is 5.32 Å². The normalized spacial score (nSPS) is 20.4. The molecular weight excluding hydrogens is 216 g/mol. The molecule has 5 heteroatoms. The Balaban J connectivity index is 2.12. The van der Waals surface area contributed by atoms with Crippen LogP contribution in [0.2, 0.25) is 0 Å². The molecule has 1 saturated heterocycles. The molecule has 1 fully saturated rings. The van der Waals surface area contributed by atoms with E-state index in [4.69, 9.17) is 0 Å². The third kappa shape index (κ3) is 2.61. The second-order valence-corrected chi connectivity index (χ2v) is 4.40. The summed E-state index contributed by atoms with van der Waals surface area (Å²) in [6, 6.07) is 0.401. The molecule has 0 saturated carbocycles. The molecule has 0 aromatic carbocycles. The quantitative estimate of drug-likeness (QED) is 0.814. The molecule has 0 spiro atoms. The van der Waals surface area contributed by atoms with Crippen LogP contribution in [0.1, 0.15) is 28.9 Å². The van der Waals surface area contributed by atoms with E-state index in [0.717, 1.165) is 31.6 Å². The fourth-order valence-corrected chi connectivity index (χ4v) is 2.17. The summed E-state index contributed by atoms with van der Waals surface area (Å²) in [5, 5.41) is 3.23. The highest BCUT2D eigenvalue weighted by Gasteiger charge is 2.24. The van der Waals surface area contributed by atoms with Gasteiger partial charge in [-0.05, 0) is 26.8 Å². The maximum absolute atomic E-state index is 12.3. The first-order chi connectivity index (χ1) is 8.22. The summed E-state index contributed by atoms with van der Waals surface area (Å²) in [6.45, 7) is 3.43. The third-order valence-corrected chi connectivity index (χ3v) is 3.26. The number of hydrogen-bond donors (Lipinski definition) is 1. The van der Waals surface area contributed by atoms with Gasteiger partial charge in [-0.25, -0.2) is 9.97 Å². The number of amides is 1. The largest absolute Gasteiger partial charge is 0.337 e. The van der Waals surface area contributed by atoms with E-state index < -0.39 is 0 Å². The van der Waals surface area contributed by atoms with Gasteiger partial charge in [0.05, 0.1) is 11.3 Å². The van der Waals surface area contributed by atoms with Crippen molar-refractivity contribution in [3.05, 3.63) is 23.8 Å². The number of carbonyl (C=O) groups excluding carboxylic acids is 1. The molecule has 1 amide bonds. The molecule has 2 rings (SSSR count). The first-order valence-corrected chi connectivity index (χ1v) is 5.95. The maximum atomic E-state index is 12.3. The average molecular weight is 234 g/mol. The topological polar surface area (TPSA) is 58.1 Å². The Hall–Kier alpha value is -1.49. The van der Waals surface area contributed by atoms with Gasteiger partial charge >= 0.3 is 0 Å². The van der Waals surface area contributed by atoms with Crippen molar-refractivity contribution in [2.75, 3.05) is 20.1 Å². The molecule has 0 bridgehead atoms. The van der Waals surface area contributed by atoms with Gasteiger partial charge in [0.25, 0.3) is 5.91 Å². The molecule has 5 nitrogen and oxygen atoms in total. The Morgan fingerprint density at radius 3 is 3.12 bits per heavy atom. The lowest BCUT2D eigenvalue weighted by Crippen LogP contribution is -2.47. The standard InChI is InChI=1S/C12H18N4O/c1-9-11(6-14-8-15-9)12(17)16-5-3-4-10(7-16)13-2/h6,8,10,13H,3-5,7H2,1-2H3. The van der Waals surface area contributed by atoms with E-state index in [-0.39, 0.29) is 5.91 Å². The van der Waals surface area contributed by atoms with Gasteiger partial charge in [-0.15, -0.1) is 0 Å². The molecule has 17 heavy (non-hydrogen) atoms. The van der Waals surface area contributed by atoms with Crippen LogP contribution in [0.4, 0.5) is 0 Å². The number of carbonyl (C=O) groups is 1. The molecule has 0 radical (unpaired) electrons. The predicted molar refractivity (Wildman–Crippen MR) is 64.8 cm³/mol. The number of aromatic nitrogens is 2. The van der Waals surface area contributed by atoms with Gasteiger partial charge in [-0.2, -0.15) is 0 Å². The monoisotopic (exact) mass is 234 g/mol. The minimum atomic E-state index is 0.0445. The van der Waals surface area contributed by atoms with Crippen molar-refractivity contribution in [2.24, 2.45) is 0 Å². The molecule has 1 atom stereocenters. The smallest absolute Gasteiger partial charge is 0.257 e. The van der Waals surface area contributed by atoms with Crippen LogP contribution in [-0.4, -0.2) is 47.0 Å². The number of likely N-dealkylation sites (tertiary alicyclic amines) is 1.